The van der Waals surface area contributed by atoms with Crippen molar-refractivity contribution in [2.24, 2.45) is 5.73 Å². The number of nitrogens with zero attached hydrogens (tertiary/aromatic N) is 1. The summed E-state index contributed by atoms with van der Waals surface area (Å²) in [4.78, 5) is 39.7. The first kappa shape index (κ1) is 25.2. The number of carbonyl (C=O) groups excluding carboxylic acids is 2. The van der Waals surface area contributed by atoms with Crippen LogP contribution in [-0.4, -0.2) is 30.2 Å². The van der Waals surface area contributed by atoms with E-state index in [-0.39, 0.29) is 23.6 Å². The summed E-state index contributed by atoms with van der Waals surface area (Å²) >= 11 is 7.92. The number of halogens is 2. The van der Waals surface area contributed by atoms with Gasteiger partial charge in [-0.15, -0.1) is 11.3 Å². The molecule has 4 rings (SSSR count). The summed E-state index contributed by atoms with van der Waals surface area (Å²) in [7, 11) is 1.25. The smallest absolute Gasteiger partial charge is 0.338 e. The molecule has 0 aliphatic carbocycles. The van der Waals surface area contributed by atoms with Crippen molar-refractivity contribution in [1.29, 1.82) is 0 Å². The fraction of sp³-hybridized carbons (Fsp3) is 0.160. The van der Waals surface area contributed by atoms with E-state index in [4.69, 9.17) is 15.2 Å². The van der Waals surface area contributed by atoms with E-state index < -0.39 is 23.4 Å². The van der Waals surface area contributed by atoms with Gasteiger partial charge in [-0.05, 0) is 48.4 Å². The maximum absolute atomic E-state index is 13.5. The highest BCUT2D eigenvalue weighted by Crippen LogP contribution is 2.38. The molecular weight excluding hydrogens is 600 g/mol. The minimum Gasteiger partial charge on any atom is -0.466 e. The van der Waals surface area contributed by atoms with Crippen molar-refractivity contribution in [3.8, 4) is 0 Å². The number of hydrogen-bond acceptors (Lipinski definition) is 7. The molecule has 180 valence electrons. The van der Waals surface area contributed by atoms with Crippen LogP contribution in [0.2, 0.25) is 0 Å². The van der Waals surface area contributed by atoms with Gasteiger partial charge in [-0.2, -0.15) is 0 Å². The van der Waals surface area contributed by atoms with Crippen LogP contribution in [0.3, 0.4) is 0 Å². The number of ether oxygens (including phenoxy) is 2. The molecule has 0 spiro atoms. The summed E-state index contributed by atoms with van der Waals surface area (Å²) < 4.78 is 14.0. The highest BCUT2D eigenvalue weighted by molar-refractivity contribution is 9.10. The molecule has 0 amide bonds. The minimum atomic E-state index is -0.881. The number of rotatable bonds is 5. The van der Waals surface area contributed by atoms with Crippen LogP contribution < -0.4 is 20.5 Å². The third-order valence-electron chi connectivity index (χ3n) is 5.42. The van der Waals surface area contributed by atoms with Crippen LogP contribution in [0.1, 0.15) is 24.0 Å². The SMILES string of the molecule is CCOC(=O)C1=C(N)n2c(s/c(=C\c3ccc(Br)cc3)c2=O)=C(C(=O)OC)C1c1ccc(Br)cc1. The molecule has 7 nitrogen and oxygen atoms in total. The Labute approximate surface area is 221 Å². The maximum atomic E-state index is 13.5. The van der Waals surface area contributed by atoms with Gasteiger partial charge < -0.3 is 15.2 Å². The maximum Gasteiger partial charge on any atom is 0.338 e. The molecule has 1 aliphatic rings. The molecule has 1 aliphatic heterocycles. The van der Waals surface area contributed by atoms with E-state index in [1.165, 1.54) is 11.7 Å². The monoisotopic (exact) mass is 618 g/mol. The molecule has 10 heteroatoms. The van der Waals surface area contributed by atoms with Crippen molar-refractivity contribution >= 4 is 72.6 Å². The van der Waals surface area contributed by atoms with E-state index in [1.807, 2.05) is 24.3 Å². The van der Waals surface area contributed by atoms with Gasteiger partial charge in [0.1, 0.15) is 10.5 Å². The van der Waals surface area contributed by atoms with E-state index in [0.29, 0.717) is 14.8 Å². The first-order valence-corrected chi connectivity index (χ1v) is 12.9. The number of esters is 2. The minimum absolute atomic E-state index is 0.0113. The quantitative estimate of drug-likeness (QED) is 0.441. The first-order valence-electron chi connectivity index (χ1n) is 10.5. The van der Waals surface area contributed by atoms with Gasteiger partial charge in [0, 0.05) is 8.95 Å². The van der Waals surface area contributed by atoms with Crippen LogP contribution in [0.15, 0.2) is 67.8 Å². The third kappa shape index (κ3) is 4.78. The Kier molecular flexibility index (Phi) is 7.44. The molecule has 2 aromatic carbocycles. The molecule has 0 bridgehead atoms. The standard InChI is InChI=1S/C25H20Br2N2O5S/c1-3-34-25(32)19-18(14-6-10-16(27)11-7-14)20(24(31)33-2)23-29(21(19)28)22(30)17(35-23)12-13-4-8-15(26)9-5-13/h4-12,18H,3,28H2,1-2H3/b17-12-. The molecule has 3 aromatic rings. The zero-order chi connectivity index (χ0) is 25.3. The molecule has 1 aromatic heterocycles. The second kappa shape index (κ2) is 10.3. The van der Waals surface area contributed by atoms with Gasteiger partial charge in [-0.1, -0.05) is 56.1 Å². The van der Waals surface area contributed by atoms with Crippen molar-refractivity contribution in [3.63, 3.8) is 0 Å². The Balaban J connectivity index is 2.10. The summed E-state index contributed by atoms with van der Waals surface area (Å²) in [5, 5.41) is 0. The Morgan fingerprint density at radius 1 is 1.03 bits per heavy atom. The Bertz CT molecular complexity index is 1520. The van der Waals surface area contributed by atoms with E-state index >= 15 is 0 Å². The zero-order valence-electron chi connectivity index (χ0n) is 18.7. The molecule has 0 fully saturated rings. The lowest BCUT2D eigenvalue weighted by Crippen LogP contribution is -2.41. The number of hydrogen-bond donors (Lipinski definition) is 1. The highest BCUT2D eigenvalue weighted by atomic mass is 79.9. The van der Waals surface area contributed by atoms with Crippen molar-refractivity contribution < 1.29 is 19.1 Å². The van der Waals surface area contributed by atoms with Crippen molar-refractivity contribution in [2.45, 2.75) is 12.8 Å². The van der Waals surface area contributed by atoms with Gasteiger partial charge >= 0.3 is 11.9 Å². The molecule has 0 radical (unpaired) electrons. The molecule has 0 saturated carbocycles. The average molecular weight is 620 g/mol. The summed E-state index contributed by atoms with van der Waals surface area (Å²) in [5.41, 5.74) is 7.60. The van der Waals surface area contributed by atoms with Crippen LogP contribution in [0.5, 0.6) is 0 Å². The molecule has 1 unspecified atom stereocenters. The van der Waals surface area contributed by atoms with Gasteiger partial charge in [0.05, 0.1) is 35.3 Å². The molecular formula is C25H20Br2N2O5S. The first-order chi connectivity index (χ1) is 16.8. The Morgan fingerprint density at radius 2 is 1.63 bits per heavy atom. The molecule has 0 saturated heterocycles. The predicted molar refractivity (Wildman–Crippen MR) is 142 cm³/mol. The number of fused-ring (bicyclic) bond motifs is 1. The van der Waals surface area contributed by atoms with Gasteiger partial charge in [0.25, 0.3) is 5.56 Å². The van der Waals surface area contributed by atoms with Crippen molar-refractivity contribution in [2.75, 3.05) is 13.7 Å². The fourth-order valence-corrected chi connectivity index (χ4v) is 5.56. The average Bonchev–Trinajstić information content (AvgIpc) is 3.16. The van der Waals surface area contributed by atoms with Crippen LogP contribution in [-0.2, 0) is 19.1 Å². The van der Waals surface area contributed by atoms with Crippen LogP contribution >= 0.6 is 43.2 Å². The summed E-state index contributed by atoms with van der Waals surface area (Å²) in [6.07, 6.45) is 1.71. The number of thiazole rings is 1. The van der Waals surface area contributed by atoms with Crippen LogP contribution in [0, 0.1) is 0 Å². The number of benzene rings is 2. The predicted octanol–water partition coefficient (Wildman–Crippen LogP) is 3.08. The van der Waals surface area contributed by atoms with Gasteiger partial charge in [-0.25, -0.2) is 9.59 Å². The number of aromatic nitrogens is 1. The lowest BCUT2D eigenvalue weighted by molar-refractivity contribution is -0.138. The molecule has 35 heavy (non-hydrogen) atoms. The second-order valence-electron chi connectivity index (χ2n) is 7.52. The largest absolute Gasteiger partial charge is 0.466 e. The zero-order valence-corrected chi connectivity index (χ0v) is 22.7. The van der Waals surface area contributed by atoms with Gasteiger partial charge in [-0.3, -0.25) is 9.36 Å². The number of nitrogens with two attached hydrogens (primary N) is 1. The van der Waals surface area contributed by atoms with Crippen molar-refractivity contribution in [1.82, 2.24) is 4.57 Å². The summed E-state index contributed by atoms with van der Waals surface area (Å²) in [6.45, 7) is 1.77. The lowest BCUT2D eigenvalue weighted by Gasteiger charge is -2.26. The van der Waals surface area contributed by atoms with Crippen LogP contribution in [0.4, 0.5) is 0 Å². The molecule has 2 heterocycles. The van der Waals surface area contributed by atoms with E-state index in [0.717, 1.165) is 25.8 Å². The normalized spacial score (nSPS) is 15.7. The third-order valence-corrected chi connectivity index (χ3v) is 7.59. The number of methoxy groups -OCH3 is 1. The van der Waals surface area contributed by atoms with Crippen LogP contribution in [0.25, 0.3) is 17.5 Å². The molecule has 1 atom stereocenters. The van der Waals surface area contributed by atoms with Gasteiger partial charge in [0.2, 0.25) is 0 Å². The molecule has 2 N–H and O–H groups in total. The van der Waals surface area contributed by atoms with E-state index in [1.54, 1.807) is 37.3 Å². The summed E-state index contributed by atoms with van der Waals surface area (Å²) in [6, 6.07) is 14.6. The second-order valence-corrected chi connectivity index (χ2v) is 10.4. The Hall–Kier alpha value is -2.95. The fourth-order valence-electron chi connectivity index (χ4n) is 3.86. The number of carbonyl (C=O) groups is 2. The topological polar surface area (TPSA) is 101 Å². The van der Waals surface area contributed by atoms with E-state index in [9.17, 15) is 14.4 Å². The Morgan fingerprint density at radius 3 is 2.20 bits per heavy atom. The summed E-state index contributed by atoms with van der Waals surface area (Å²) in [5.74, 6) is -2.33. The van der Waals surface area contributed by atoms with Gasteiger partial charge in [0.15, 0.2) is 0 Å². The van der Waals surface area contributed by atoms with E-state index in [2.05, 4.69) is 31.9 Å². The highest BCUT2D eigenvalue weighted by Gasteiger charge is 2.39. The van der Waals surface area contributed by atoms with Crippen molar-refractivity contribution in [3.05, 3.63) is 93.7 Å². The lowest BCUT2D eigenvalue weighted by atomic mass is 9.83.